The van der Waals surface area contributed by atoms with Crippen LogP contribution in [0, 0.1) is 18.8 Å². The van der Waals surface area contributed by atoms with Crippen LogP contribution in [-0.4, -0.2) is 45.7 Å². The lowest BCUT2D eigenvalue weighted by atomic mass is 9.84. The van der Waals surface area contributed by atoms with Crippen LogP contribution in [0.15, 0.2) is 24.3 Å². The number of hydrogen-bond donors (Lipinski definition) is 2. The van der Waals surface area contributed by atoms with Crippen molar-refractivity contribution in [2.24, 2.45) is 11.8 Å². The van der Waals surface area contributed by atoms with Crippen LogP contribution in [-0.2, 0) is 16.0 Å². The summed E-state index contributed by atoms with van der Waals surface area (Å²) in [5.74, 6) is -1.26. The molecule has 0 spiro atoms. The van der Waals surface area contributed by atoms with E-state index in [1.165, 1.54) is 5.56 Å². The maximum atomic E-state index is 12.6. The molecule has 1 heterocycles. The number of carbonyl (C=O) groups is 2. The summed E-state index contributed by atoms with van der Waals surface area (Å²) in [5.41, 5.74) is 1.55. The summed E-state index contributed by atoms with van der Waals surface area (Å²) in [4.78, 5) is 25.5. The Morgan fingerprint density at radius 3 is 2.48 bits per heavy atom. The molecule has 0 bridgehead atoms. The first kappa shape index (κ1) is 17.9. The van der Waals surface area contributed by atoms with Crippen LogP contribution in [0.5, 0.6) is 0 Å². The second kappa shape index (κ2) is 7.16. The molecule has 5 nitrogen and oxygen atoms in total. The molecule has 136 valence electrons. The summed E-state index contributed by atoms with van der Waals surface area (Å²) < 4.78 is 0. The van der Waals surface area contributed by atoms with E-state index in [9.17, 15) is 14.7 Å². The topological polar surface area (TPSA) is 77.8 Å². The zero-order valence-electron chi connectivity index (χ0n) is 14.8. The molecule has 1 aliphatic heterocycles. The molecule has 0 unspecified atom stereocenters. The number of aliphatic hydroxyl groups is 1. The minimum Gasteiger partial charge on any atom is -0.481 e. The Balaban J connectivity index is 1.54. The standard InChI is InChI=1S/C20H27NO4/c1-14-3-2-4-15(11-14)13-20(25)7-9-21(10-8-20)18(22)16-5-6-17(12-16)19(23)24/h2-4,11,16-17,25H,5-10,12-13H2,1H3,(H,23,24)/t16-,17+/m1/s1. The molecule has 1 saturated heterocycles. The van der Waals surface area contributed by atoms with Crippen LogP contribution in [0.1, 0.15) is 43.2 Å². The van der Waals surface area contributed by atoms with Gasteiger partial charge in [-0.3, -0.25) is 9.59 Å². The molecule has 1 aromatic rings. The van der Waals surface area contributed by atoms with Crippen molar-refractivity contribution in [3.8, 4) is 0 Å². The summed E-state index contributed by atoms with van der Waals surface area (Å²) in [6.45, 7) is 3.14. The number of aryl methyl sites for hydroxylation is 1. The second-order valence-electron chi connectivity index (χ2n) is 7.76. The zero-order chi connectivity index (χ0) is 18.0. The third-order valence-electron chi connectivity index (χ3n) is 5.75. The Morgan fingerprint density at radius 2 is 1.88 bits per heavy atom. The van der Waals surface area contributed by atoms with Crippen molar-refractivity contribution in [3.05, 3.63) is 35.4 Å². The molecule has 5 heteroatoms. The lowest BCUT2D eigenvalue weighted by molar-refractivity contribution is -0.142. The van der Waals surface area contributed by atoms with E-state index in [1.807, 2.05) is 30.0 Å². The largest absolute Gasteiger partial charge is 0.481 e. The molecule has 1 aromatic carbocycles. The van der Waals surface area contributed by atoms with Crippen molar-refractivity contribution < 1.29 is 19.8 Å². The number of hydrogen-bond acceptors (Lipinski definition) is 3. The molecule has 0 aromatic heterocycles. The highest BCUT2D eigenvalue weighted by atomic mass is 16.4. The summed E-state index contributed by atoms with van der Waals surface area (Å²) >= 11 is 0. The molecule has 1 aliphatic carbocycles. The van der Waals surface area contributed by atoms with Gasteiger partial charge >= 0.3 is 5.97 Å². The maximum Gasteiger partial charge on any atom is 0.306 e. The number of piperidine rings is 1. The van der Waals surface area contributed by atoms with E-state index in [0.29, 0.717) is 51.6 Å². The van der Waals surface area contributed by atoms with E-state index in [4.69, 9.17) is 5.11 Å². The van der Waals surface area contributed by atoms with Crippen molar-refractivity contribution in [3.63, 3.8) is 0 Å². The Kier molecular flexibility index (Phi) is 5.13. The van der Waals surface area contributed by atoms with Crippen molar-refractivity contribution >= 4 is 11.9 Å². The van der Waals surface area contributed by atoms with Crippen molar-refractivity contribution in [1.82, 2.24) is 4.90 Å². The van der Waals surface area contributed by atoms with Gasteiger partial charge in [-0.15, -0.1) is 0 Å². The fourth-order valence-corrected chi connectivity index (χ4v) is 4.21. The van der Waals surface area contributed by atoms with Crippen LogP contribution in [0.25, 0.3) is 0 Å². The van der Waals surface area contributed by atoms with E-state index in [1.54, 1.807) is 0 Å². The summed E-state index contributed by atoms with van der Waals surface area (Å²) in [5, 5.41) is 20.0. The van der Waals surface area contributed by atoms with Gasteiger partial charge in [-0.25, -0.2) is 0 Å². The monoisotopic (exact) mass is 345 g/mol. The zero-order valence-corrected chi connectivity index (χ0v) is 14.8. The number of carbonyl (C=O) groups excluding carboxylic acids is 1. The first-order valence-electron chi connectivity index (χ1n) is 9.16. The minimum atomic E-state index is -0.790. The van der Waals surface area contributed by atoms with Gasteiger partial charge < -0.3 is 15.1 Å². The molecule has 2 aliphatic rings. The maximum absolute atomic E-state index is 12.6. The van der Waals surface area contributed by atoms with Gasteiger partial charge in [0.15, 0.2) is 0 Å². The van der Waals surface area contributed by atoms with E-state index in [-0.39, 0.29) is 17.7 Å². The molecule has 25 heavy (non-hydrogen) atoms. The molecule has 2 fully saturated rings. The minimum absolute atomic E-state index is 0.0707. The average Bonchev–Trinajstić information content (AvgIpc) is 3.05. The van der Waals surface area contributed by atoms with Crippen LogP contribution in [0.4, 0.5) is 0 Å². The van der Waals surface area contributed by atoms with Crippen LogP contribution in [0.3, 0.4) is 0 Å². The van der Waals surface area contributed by atoms with Crippen molar-refractivity contribution in [2.45, 2.75) is 51.0 Å². The normalized spacial score (nSPS) is 25.8. The van der Waals surface area contributed by atoms with Gasteiger partial charge in [-0.2, -0.15) is 0 Å². The van der Waals surface area contributed by atoms with E-state index < -0.39 is 11.6 Å². The number of amides is 1. The molecule has 1 saturated carbocycles. The van der Waals surface area contributed by atoms with E-state index in [0.717, 1.165) is 5.56 Å². The molecule has 2 atom stereocenters. The number of carboxylic acids is 1. The summed E-state index contributed by atoms with van der Waals surface area (Å²) in [6.07, 6.45) is 3.47. The average molecular weight is 345 g/mol. The fraction of sp³-hybridized carbons (Fsp3) is 0.600. The first-order chi connectivity index (χ1) is 11.9. The number of aliphatic carboxylic acids is 1. The van der Waals surface area contributed by atoms with E-state index in [2.05, 4.69) is 6.07 Å². The van der Waals surface area contributed by atoms with Crippen molar-refractivity contribution in [1.29, 1.82) is 0 Å². The number of rotatable bonds is 4. The Morgan fingerprint density at radius 1 is 1.20 bits per heavy atom. The molecule has 1 amide bonds. The summed E-state index contributed by atoms with van der Waals surface area (Å²) in [7, 11) is 0. The Labute approximate surface area is 148 Å². The van der Waals surface area contributed by atoms with Gasteiger partial charge in [0.05, 0.1) is 11.5 Å². The third kappa shape index (κ3) is 4.21. The first-order valence-corrected chi connectivity index (χ1v) is 9.16. The number of likely N-dealkylation sites (tertiary alicyclic amines) is 1. The molecular formula is C20H27NO4. The molecular weight excluding hydrogens is 318 g/mol. The Bertz CT molecular complexity index is 649. The fourth-order valence-electron chi connectivity index (χ4n) is 4.21. The van der Waals surface area contributed by atoms with Crippen molar-refractivity contribution in [2.75, 3.05) is 13.1 Å². The van der Waals surface area contributed by atoms with Crippen LogP contribution >= 0.6 is 0 Å². The van der Waals surface area contributed by atoms with E-state index >= 15 is 0 Å². The second-order valence-corrected chi connectivity index (χ2v) is 7.76. The molecule has 3 rings (SSSR count). The molecule has 0 radical (unpaired) electrons. The highest BCUT2D eigenvalue weighted by Gasteiger charge is 2.39. The van der Waals surface area contributed by atoms with Gasteiger partial charge in [-0.1, -0.05) is 29.8 Å². The Hall–Kier alpha value is -1.88. The quantitative estimate of drug-likeness (QED) is 0.878. The van der Waals surface area contributed by atoms with Gasteiger partial charge in [0.1, 0.15) is 0 Å². The SMILES string of the molecule is Cc1cccc(CC2(O)CCN(C(=O)[C@@H]3CC[C@H](C(=O)O)C3)CC2)c1. The predicted octanol–water partition coefficient (Wildman–Crippen LogP) is 2.39. The smallest absolute Gasteiger partial charge is 0.306 e. The number of carboxylic acid groups (broad SMARTS) is 1. The van der Waals surface area contributed by atoms with Crippen LogP contribution < -0.4 is 0 Å². The number of benzene rings is 1. The van der Waals surface area contributed by atoms with Crippen LogP contribution in [0.2, 0.25) is 0 Å². The lowest BCUT2D eigenvalue weighted by Crippen LogP contribution is -2.49. The molecule has 2 N–H and O–H groups in total. The summed E-state index contributed by atoms with van der Waals surface area (Å²) in [6, 6.07) is 8.18. The predicted molar refractivity (Wildman–Crippen MR) is 94.1 cm³/mol. The van der Waals surface area contributed by atoms with Gasteiger partial charge in [0, 0.05) is 25.4 Å². The van der Waals surface area contributed by atoms with Gasteiger partial charge in [-0.05, 0) is 44.6 Å². The highest BCUT2D eigenvalue weighted by molar-refractivity contribution is 5.81. The number of nitrogens with zero attached hydrogens (tertiary/aromatic N) is 1. The van der Waals surface area contributed by atoms with Gasteiger partial charge in [0.25, 0.3) is 0 Å². The highest BCUT2D eigenvalue weighted by Crippen LogP contribution is 2.34. The lowest BCUT2D eigenvalue weighted by Gasteiger charge is -2.39. The van der Waals surface area contributed by atoms with Gasteiger partial charge in [0.2, 0.25) is 5.91 Å². The third-order valence-corrected chi connectivity index (χ3v) is 5.75.